The molecule has 14 heavy (non-hydrogen) atoms. The molecule has 1 unspecified atom stereocenters. The summed E-state index contributed by atoms with van der Waals surface area (Å²) in [6.45, 7) is 2.58. The fourth-order valence-corrected chi connectivity index (χ4v) is 1.18. The van der Waals surface area contributed by atoms with Gasteiger partial charge < -0.3 is 9.32 Å². The predicted octanol–water partition coefficient (Wildman–Crippen LogP) is 2.37. The number of furan rings is 1. The first kappa shape index (κ1) is 11.1. The van der Waals surface area contributed by atoms with E-state index in [2.05, 4.69) is 0 Å². The molecular formula is C10H14ClNO2. The van der Waals surface area contributed by atoms with Crippen LogP contribution in [0.4, 0.5) is 0 Å². The van der Waals surface area contributed by atoms with Crippen LogP contribution >= 0.6 is 11.6 Å². The highest BCUT2D eigenvalue weighted by atomic mass is 35.5. The highest BCUT2D eigenvalue weighted by Gasteiger charge is 2.12. The minimum atomic E-state index is -0.0314. The topological polar surface area (TPSA) is 33.5 Å². The molecular weight excluding hydrogens is 202 g/mol. The number of alkyl halides is 1. The number of hydrogen-bond acceptors (Lipinski definition) is 2. The first-order chi connectivity index (χ1) is 6.61. The maximum absolute atomic E-state index is 11.6. The van der Waals surface area contributed by atoms with Crippen molar-refractivity contribution in [3.05, 3.63) is 24.2 Å². The number of nitrogens with zero attached hydrogens (tertiary/aromatic N) is 1. The zero-order chi connectivity index (χ0) is 10.6. The van der Waals surface area contributed by atoms with E-state index in [1.807, 2.05) is 6.92 Å². The Bertz CT molecular complexity index is 282. The Morgan fingerprint density at radius 1 is 1.71 bits per heavy atom. The van der Waals surface area contributed by atoms with Gasteiger partial charge in [-0.15, -0.1) is 11.6 Å². The second-order valence-electron chi connectivity index (χ2n) is 3.31. The van der Waals surface area contributed by atoms with E-state index in [0.717, 1.165) is 6.42 Å². The van der Waals surface area contributed by atoms with E-state index in [0.29, 0.717) is 12.1 Å². The fraction of sp³-hybridized carbons (Fsp3) is 0.500. The third-order valence-electron chi connectivity index (χ3n) is 1.98. The Hall–Kier alpha value is -0.960. The molecule has 0 aliphatic heterocycles. The van der Waals surface area contributed by atoms with Crippen molar-refractivity contribution in [1.29, 1.82) is 0 Å². The van der Waals surface area contributed by atoms with Crippen LogP contribution in [0.5, 0.6) is 0 Å². The summed E-state index contributed by atoms with van der Waals surface area (Å²) in [5, 5.41) is 0.0922. The van der Waals surface area contributed by atoms with Gasteiger partial charge in [0, 0.05) is 19.0 Å². The van der Waals surface area contributed by atoms with E-state index in [1.165, 1.54) is 12.5 Å². The van der Waals surface area contributed by atoms with E-state index < -0.39 is 0 Å². The van der Waals surface area contributed by atoms with Crippen molar-refractivity contribution >= 4 is 17.5 Å². The van der Waals surface area contributed by atoms with Crippen LogP contribution < -0.4 is 0 Å². The highest BCUT2D eigenvalue weighted by Crippen LogP contribution is 2.06. The lowest BCUT2D eigenvalue weighted by molar-refractivity contribution is 0.0793. The molecule has 1 aromatic heterocycles. The van der Waals surface area contributed by atoms with Gasteiger partial charge in [-0.3, -0.25) is 4.79 Å². The lowest BCUT2D eigenvalue weighted by Gasteiger charge is -2.16. The molecule has 0 fully saturated rings. The first-order valence-corrected chi connectivity index (χ1v) is 4.96. The van der Waals surface area contributed by atoms with E-state index in [4.69, 9.17) is 16.0 Å². The van der Waals surface area contributed by atoms with Gasteiger partial charge in [-0.05, 0) is 19.4 Å². The lowest BCUT2D eigenvalue weighted by atomic mass is 10.2. The summed E-state index contributed by atoms with van der Waals surface area (Å²) in [6.07, 6.45) is 3.73. The number of carbonyl (C=O) groups excluding carboxylic acids is 1. The normalized spacial score (nSPS) is 12.5. The molecule has 1 atom stereocenters. The summed E-state index contributed by atoms with van der Waals surface area (Å²) in [5.41, 5.74) is 0.578. The average Bonchev–Trinajstić information content (AvgIpc) is 2.65. The monoisotopic (exact) mass is 215 g/mol. The largest absolute Gasteiger partial charge is 0.472 e. The lowest BCUT2D eigenvalue weighted by Crippen LogP contribution is -2.28. The van der Waals surface area contributed by atoms with E-state index in [1.54, 1.807) is 18.0 Å². The average molecular weight is 216 g/mol. The SMILES string of the molecule is CC(Cl)CCN(C)C(=O)c1ccoc1. The van der Waals surface area contributed by atoms with E-state index in [-0.39, 0.29) is 11.3 Å². The second kappa shape index (κ2) is 5.05. The molecule has 3 nitrogen and oxygen atoms in total. The molecule has 0 saturated carbocycles. The Balaban J connectivity index is 2.45. The van der Waals surface area contributed by atoms with Crippen LogP contribution in [0.2, 0.25) is 0 Å². The summed E-state index contributed by atoms with van der Waals surface area (Å²) < 4.78 is 4.84. The Labute approximate surface area is 88.6 Å². The van der Waals surface area contributed by atoms with Crippen LogP contribution in [0.15, 0.2) is 23.0 Å². The van der Waals surface area contributed by atoms with Crippen LogP contribution in [0.3, 0.4) is 0 Å². The van der Waals surface area contributed by atoms with Crippen molar-refractivity contribution < 1.29 is 9.21 Å². The zero-order valence-corrected chi connectivity index (χ0v) is 9.12. The van der Waals surface area contributed by atoms with Gasteiger partial charge in [0.05, 0.1) is 11.8 Å². The summed E-state index contributed by atoms with van der Waals surface area (Å²) in [6, 6.07) is 1.66. The number of rotatable bonds is 4. The smallest absolute Gasteiger partial charge is 0.256 e. The molecule has 0 spiro atoms. The second-order valence-corrected chi connectivity index (χ2v) is 4.05. The van der Waals surface area contributed by atoms with Crippen LogP contribution in [0, 0.1) is 0 Å². The van der Waals surface area contributed by atoms with Gasteiger partial charge in [0.1, 0.15) is 6.26 Å². The molecule has 0 radical (unpaired) electrons. The molecule has 0 bridgehead atoms. The number of carbonyl (C=O) groups is 1. The molecule has 1 heterocycles. The first-order valence-electron chi connectivity index (χ1n) is 4.53. The molecule has 0 saturated heterocycles. The summed E-state index contributed by atoms with van der Waals surface area (Å²) in [5.74, 6) is -0.0314. The fourth-order valence-electron chi connectivity index (χ4n) is 1.08. The minimum Gasteiger partial charge on any atom is -0.472 e. The molecule has 1 aromatic rings. The maximum Gasteiger partial charge on any atom is 0.256 e. The third kappa shape index (κ3) is 3.07. The molecule has 4 heteroatoms. The van der Waals surface area contributed by atoms with Gasteiger partial charge in [-0.2, -0.15) is 0 Å². The molecule has 0 N–H and O–H groups in total. The van der Waals surface area contributed by atoms with Gasteiger partial charge >= 0.3 is 0 Å². The van der Waals surface area contributed by atoms with Crippen LogP contribution in [0.25, 0.3) is 0 Å². The summed E-state index contributed by atoms with van der Waals surface area (Å²) in [7, 11) is 1.76. The molecule has 0 aliphatic carbocycles. The zero-order valence-electron chi connectivity index (χ0n) is 8.37. The predicted molar refractivity (Wildman–Crippen MR) is 55.6 cm³/mol. The third-order valence-corrected chi connectivity index (χ3v) is 2.20. The van der Waals surface area contributed by atoms with Gasteiger partial charge in [-0.25, -0.2) is 0 Å². The minimum absolute atomic E-state index is 0.0314. The number of halogens is 1. The molecule has 0 aromatic carbocycles. The Morgan fingerprint density at radius 2 is 2.43 bits per heavy atom. The molecule has 78 valence electrons. The molecule has 1 rings (SSSR count). The maximum atomic E-state index is 11.6. The van der Waals surface area contributed by atoms with Crippen LogP contribution in [0.1, 0.15) is 23.7 Å². The number of amides is 1. The van der Waals surface area contributed by atoms with Gasteiger partial charge in [0.25, 0.3) is 5.91 Å². The Morgan fingerprint density at radius 3 is 2.93 bits per heavy atom. The van der Waals surface area contributed by atoms with Crippen molar-refractivity contribution in [3.63, 3.8) is 0 Å². The van der Waals surface area contributed by atoms with Crippen molar-refractivity contribution in [3.8, 4) is 0 Å². The van der Waals surface area contributed by atoms with Gasteiger partial charge in [-0.1, -0.05) is 0 Å². The van der Waals surface area contributed by atoms with Crippen LogP contribution in [-0.2, 0) is 0 Å². The van der Waals surface area contributed by atoms with Gasteiger partial charge in [0.15, 0.2) is 0 Å². The molecule has 1 amide bonds. The van der Waals surface area contributed by atoms with Crippen molar-refractivity contribution in [1.82, 2.24) is 4.90 Å². The summed E-state index contributed by atoms with van der Waals surface area (Å²) >= 11 is 5.79. The van der Waals surface area contributed by atoms with Crippen molar-refractivity contribution in [2.24, 2.45) is 0 Å². The highest BCUT2D eigenvalue weighted by molar-refractivity contribution is 6.20. The van der Waals surface area contributed by atoms with E-state index in [9.17, 15) is 4.79 Å². The number of hydrogen-bond donors (Lipinski definition) is 0. The van der Waals surface area contributed by atoms with E-state index >= 15 is 0 Å². The quantitative estimate of drug-likeness (QED) is 0.723. The van der Waals surface area contributed by atoms with Gasteiger partial charge in [0.2, 0.25) is 0 Å². The van der Waals surface area contributed by atoms with Crippen molar-refractivity contribution in [2.45, 2.75) is 18.7 Å². The van der Waals surface area contributed by atoms with Crippen LogP contribution in [-0.4, -0.2) is 29.8 Å². The summed E-state index contributed by atoms with van der Waals surface area (Å²) in [4.78, 5) is 13.3. The molecule has 0 aliphatic rings. The standard InChI is InChI=1S/C10H14ClNO2/c1-8(11)3-5-12(2)10(13)9-4-6-14-7-9/h4,6-8H,3,5H2,1-2H3. The Kier molecular flexibility index (Phi) is 4.01. The van der Waals surface area contributed by atoms with Crippen molar-refractivity contribution in [2.75, 3.05) is 13.6 Å².